The SMILES string of the molecule is CC.CC.CC#CC(=O)N1CCC[C@H]1c1nc(Br)c2c(C)nccn12. The molecule has 0 aliphatic carbocycles. The molecule has 1 saturated heterocycles. The summed E-state index contributed by atoms with van der Waals surface area (Å²) < 4.78 is 2.78. The molecule has 0 N–H and O–H groups in total. The molecular formula is C19H27BrN4O. The predicted octanol–water partition coefficient (Wildman–Crippen LogP) is 4.54. The smallest absolute Gasteiger partial charge is 0.299 e. The zero-order valence-corrected chi connectivity index (χ0v) is 17.5. The third-order valence-corrected chi connectivity index (χ3v) is 4.32. The second-order valence-corrected chi connectivity index (χ2v) is 5.77. The van der Waals surface area contributed by atoms with Crippen LogP contribution in [0.3, 0.4) is 0 Å². The molecule has 3 rings (SSSR count). The topological polar surface area (TPSA) is 50.5 Å². The van der Waals surface area contributed by atoms with Gasteiger partial charge in [-0.05, 0) is 48.5 Å². The Bertz CT molecular complexity index is 773. The van der Waals surface area contributed by atoms with Crippen LogP contribution in [0.5, 0.6) is 0 Å². The Morgan fingerprint density at radius 3 is 2.64 bits per heavy atom. The number of imidazole rings is 1. The predicted molar refractivity (Wildman–Crippen MR) is 105 cm³/mol. The van der Waals surface area contributed by atoms with Crippen LogP contribution < -0.4 is 0 Å². The average molecular weight is 407 g/mol. The zero-order chi connectivity index (χ0) is 19.0. The number of hydrogen-bond donors (Lipinski definition) is 0. The minimum absolute atomic E-state index is 0.0288. The highest BCUT2D eigenvalue weighted by Crippen LogP contribution is 2.34. The van der Waals surface area contributed by atoms with E-state index in [0.29, 0.717) is 0 Å². The minimum Gasteiger partial charge on any atom is -0.322 e. The molecule has 1 aliphatic rings. The van der Waals surface area contributed by atoms with Crippen molar-refractivity contribution in [2.45, 2.75) is 60.4 Å². The summed E-state index contributed by atoms with van der Waals surface area (Å²) in [6.07, 6.45) is 5.53. The first-order valence-electron chi connectivity index (χ1n) is 8.86. The van der Waals surface area contributed by atoms with Gasteiger partial charge in [-0.2, -0.15) is 0 Å². The number of carbonyl (C=O) groups excluding carboxylic acids is 1. The van der Waals surface area contributed by atoms with Gasteiger partial charge in [0.05, 0.1) is 11.7 Å². The van der Waals surface area contributed by atoms with Gasteiger partial charge < -0.3 is 4.90 Å². The van der Waals surface area contributed by atoms with Crippen molar-refractivity contribution in [1.82, 2.24) is 19.3 Å². The number of hydrogen-bond acceptors (Lipinski definition) is 3. The van der Waals surface area contributed by atoms with Crippen LogP contribution in [-0.4, -0.2) is 31.7 Å². The lowest BCUT2D eigenvalue weighted by Crippen LogP contribution is -2.30. The number of aryl methyl sites for hydroxylation is 1. The molecule has 25 heavy (non-hydrogen) atoms. The molecule has 5 nitrogen and oxygen atoms in total. The fourth-order valence-electron chi connectivity index (χ4n) is 2.86. The Morgan fingerprint density at radius 1 is 1.32 bits per heavy atom. The number of amides is 1. The van der Waals surface area contributed by atoms with Crippen LogP contribution in [0.4, 0.5) is 0 Å². The molecule has 2 aromatic heterocycles. The van der Waals surface area contributed by atoms with E-state index in [-0.39, 0.29) is 11.9 Å². The molecule has 1 atom stereocenters. The maximum atomic E-state index is 12.1. The summed E-state index contributed by atoms with van der Waals surface area (Å²) in [7, 11) is 0. The van der Waals surface area contributed by atoms with Crippen molar-refractivity contribution in [3.8, 4) is 11.8 Å². The van der Waals surface area contributed by atoms with Crippen LogP contribution in [0.15, 0.2) is 17.0 Å². The summed E-state index contributed by atoms with van der Waals surface area (Å²) >= 11 is 3.50. The fraction of sp³-hybridized carbons (Fsp3) is 0.526. The largest absolute Gasteiger partial charge is 0.322 e. The van der Waals surface area contributed by atoms with Gasteiger partial charge in [-0.15, -0.1) is 0 Å². The molecule has 0 bridgehead atoms. The number of nitrogens with zero attached hydrogens (tertiary/aromatic N) is 4. The van der Waals surface area contributed by atoms with E-state index in [9.17, 15) is 4.79 Å². The number of halogens is 1. The van der Waals surface area contributed by atoms with E-state index < -0.39 is 0 Å². The van der Waals surface area contributed by atoms with E-state index in [2.05, 4.69) is 37.7 Å². The molecule has 0 unspecified atom stereocenters. The van der Waals surface area contributed by atoms with Crippen molar-refractivity contribution in [2.75, 3.05) is 6.54 Å². The van der Waals surface area contributed by atoms with Crippen LogP contribution in [0.1, 0.15) is 65.0 Å². The normalized spacial score (nSPS) is 15.5. The van der Waals surface area contributed by atoms with E-state index in [1.54, 1.807) is 13.1 Å². The van der Waals surface area contributed by atoms with Crippen molar-refractivity contribution in [3.63, 3.8) is 0 Å². The van der Waals surface area contributed by atoms with Gasteiger partial charge in [-0.3, -0.25) is 14.2 Å². The first kappa shape index (κ1) is 21.2. The fourth-order valence-corrected chi connectivity index (χ4v) is 3.52. The van der Waals surface area contributed by atoms with Crippen molar-refractivity contribution < 1.29 is 4.79 Å². The van der Waals surface area contributed by atoms with Crippen LogP contribution in [0, 0.1) is 18.8 Å². The molecule has 0 spiro atoms. The molecular weight excluding hydrogens is 380 g/mol. The third kappa shape index (κ3) is 4.40. The highest BCUT2D eigenvalue weighted by atomic mass is 79.9. The van der Waals surface area contributed by atoms with Gasteiger partial charge in [0.2, 0.25) is 0 Å². The molecule has 3 heterocycles. The summed E-state index contributed by atoms with van der Waals surface area (Å²) in [4.78, 5) is 22.9. The molecule has 1 fully saturated rings. The van der Waals surface area contributed by atoms with Gasteiger partial charge in [-0.1, -0.05) is 33.6 Å². The Kier molecular flexibility index (Phi) is 8.64. The van der Waals surface area contributed by atoms with Crippen LogP contribution >= 0.6 is 15.9 Å². The first-order chi connectivity index (χ1) is 12.1. The van der Waals surface area contributed by atoms with Gasteiger partial charge in [-0.25, -0.2) is 4.98 Å². The minimum atomic E-state index is -0.126. The van der Waals surface area contributed by atoms with Gasteiger partial charge in [0.1, 0.15) is 15.9 Å². The molecule has 2 aromatic rings. The number of likely N-dealkylation sites (tertiary alicyclic amines) is 1. The molecule has 136 valence electrons. The summed E-state index contributed by atoms with van der Waals surface area (Å²) in [5.74, 6) is 6.05. The number of rotatable bonds is 1. The van der Waals surface area contributed by atoms with Gasteiger partial charge >= 0.3 is 0 Å². The van der Waals surface area contributed by atoms with Crippen molar-refractivity contribution in [2.24, 2.45) is 0 Å². The van der Waals surface area contributed by atoms with Gasteiger partial charge in [0, 0.05) is 18.9 Å². The molecule has 1 amide bonds. The van der Waals surface area contributed by atoms with Crippen LogP contribution in [-0.2, 0) is 4.79 Å². The van der Waals surface area contributed by atoms with E-state index in [1.807, 2.05) is 50.1 Å². The molecule has 1 aliphatic heterocycles. The second kappa shape index (κ2) is 10.2. The molecule has 6 heteroatoms. The lowest BCUT2D eigenvalue weighted by molar-refractivity contribution is -0.126. The van der Waals surface area contributed by atoms with Gasteiger partial charge in [0.25, 0.3) is 5.91 Å². The van der Waals surface area contributed by atoms with E-state index in [0.717, 1.165) is 41.0 Å². The van der Waals surface area contributed by atoms with Crippen molar-refractivity contribution >= 4 is 27.4 Å². The van der Waals surface area contributed by atoms with Crippen molar-refractivity contribution in [1.29, 1.82) is 0 Å². The monoisotopic (exact) mass is 406 g/mol. The summed E-state index contributed by atoms with van der Waals surface area (Å²) in [5.41, 5.74) is 1.86. The highest BCUT2D eigenvalue weighted by Gasteiger charge is 2.33. The zero-order valence-electron chi connectivity index (χ0n) is 15.9. The van der Waals surface area contributed by atoms with Crippen LogP contribution in [0.2, 0.25) is 0 Å². The first-order valence-corrected chi connectivity index (χ1v) is 9.65. The summed E-state index contributed by atoms with van der Waals surface area (Å²) in [6, 6.07) is -0.0288. The Hall–Kier alpha value is -1.87. The number of aromatic nitrogens is 3. The Balaban J connectivity index is 0.000000730. The summed E-state index contributed by atoms with van der Waals surface area (Å²) in [6.45, 7) is 12.4. The molecule has 0 radical (unpaired) electrons. The second-order valence-electron chi connectivity index (χ2n) is 5.02. The maximum absolute atomic E-state index is 12.1. The Morgan fingerprint density at radius 2 is 2.00 bits per heavy atom. The average Bonchev–Trinajstić information content (AvgIpc) is 3.24. The lowest BCUT2D eigenvalue weighted by Gasteiger charge is -2.21. The standard InChI is InChI=1S/C15H15BrN4O.2C2H6/c1-3-5-12(21)19-8-4-6-11(19)15-18-14(16)13-10(2)17-7-9-20(13)15;2*1-2/h7,9,11H,4,6,8H2,1-2H3;2*1-2H3/t11-;;/m0../s1. The highest BCUT2D eigenvalue weighted by molar-refractivity contribution is 9.10. The lowest BCUT2D eigenvalue weighted by atomic mass is 10.2. The number of carbonyl (C=O) groups is 1. The van der Waals surface area contributed by atoms with E-state index >= 15 is 0 Å². The number of fused-ring (bicyclic) bond motifs is 1. The molecule has 0 saturated carbocycles. The van der Waals surface area contributed by atoms with Crippen LogP contribution in [0.25, 0.3) is 5.52 Å². The summed E-state index contributed by atoms with van der Waals surface area (Å²) in [5, 5.41) is 0. The van der Waals surface area contributed by atoms with Crippen molar-refractivity contribution in [3.05, 3.63) is 28.5 Å². The maximum Gasteiger partial charge on any atom is 0.299 e. The van der Waals surface area contributed by atoms with E-state index in [4.69, 9.17) is 0 Å². The van der Waals surface area contributed by atoms with E-state index in [1.165, 1.54) is 0 Å². The molecule has 0 aromatic carbocycles. The Labute approximate surface area is 159 Å². The third-order valence-electron chi connectivity index (χ3n) is 3.77. The quantitative estimate of drug-likeness (QED) is 0.653. The van der Waals surface area contributed by atoms with Gasteiger partial charge in [0.15, 0.2) is 0 Å².